The lowest BCUT2D eigenvalue weighted by Crippen LogP contribution is -2.45. The molecule has 0 aliphatic heterocycles. The largest absolute Gasteiger partial charge is 0.459 e. The number of halogens is 4. The molecule has 11 rings (SSSR count). The monoisotopic (exact) mass is 1040 g/mol. The van der Waals surface area contributed by atoms with Gasteiger partial charge in [-0.1, -0.05) is 60.7 Å². The molecule has 0 spiro atoms. The fraction of sp³-hybridized carbons (Fsp3) is 0.0566. The van der Waals surface area contributed by atoms with Gasteiger partial charge in [0.15, 0.2) is 23.3 Å². The normalized spacial score (nSPS) is 14.9. The number of hydrogen-bond donors (Lipinski definition) is 0. The molecule has 4 aromatic heterocycles. The number of nitriles is 4. The summed E-state index contributed by atoms with van der Waals surface area (Å²) in [5, 5.41) is 39.8. The SMILES string of the molecule is N#CC(C#N)=C1C(=Nc2cc3c(s2)-c2sc4c(sc5cc(N=C6C(=O)c7cc(F)c(F)cc7C6=C(C#N)C#N)sc54)c2C3(C(=O)OCc2ccccc2)C(=O)OCc2ccccc2)C(=O)c2cc(F)c(F)cc21. The number of Topliss-reactive ketones (excluding diaryl/α,β-unsaturated/α-hetero) is 2. The molecule has 0 radical (unpaired) electrons. The zero-order valence-electron chi connectivity index (χ0n) is 36.4. The van der Waals surface area contributed by atoms with E-state index in [0.29, 0.717) is 57.9 Å². The molecule has 0 atom stereocenters. The van der Waals surface area contributed by atoms with Crippen molar-refractivity contribution in [3.8, 4) is 34.0 Å². The van der Waals surface area contributed by atoms with Crippen molar-refractivity contribution in [2.24, 2.45) is 9.98 Å². The molecule has 3 aliphatic rings. The number of rotatable bonds is 8. The maximum absolute atomic E-state index is 15.3. The highest BCUT2D eigenvalue weighted by atomic mass is 32.1. The Kier molecular flexibility index (Phi) is 11.2. The molecule has 0 fully saturated rings. The standard InChI is InChI=1S/C53H20F4N6O6S4/c54-32-11-27-29(13-34(32)56)44(64)42(39(27)25(17-58)18-59)62-37-15-31-46(71-37)48-41(53(31,51(66)68-21-23-7-3-1-4-8-23)52(67)69-22-24-9-5-2-6-10-24)49-50(73-48)47-36(70-49)16-38(72-47)63-43-40(26(19-60)20-61)28-12-33(55)35(57)14-30(28)45(43)65/h1-16H,21-22H2. The van der Waals surface area contributed by atoms with Gasteiger partial charge in [-0.3, -0.25) is 19.2 Å². The predicted octanol–water partition coefficient (Wildman–Crippen LogP) is 12.1. The first kappa shape index (κ1) is 46.4. The molecule has 12 nitrogen and oxygen atoms in total. The van der Waals surface area contributed by atoms with Crippen LogP contribution in [0.3, 0.4) is 0 Å². The van der Waals surface area contributed by atoms with Gasteiger partial charge in [0.1, 0.15) is 70.1 Å². The number of carbonyl (C=O) groups excluding carboxylic acids is 4. The average molecular weight is 1040 g/mol. The van der Waals surface area contributed by atoms with Crippen LogP contribution in [0.5, 0.6) is 0 Å². The molecule has 0 bridgehead atoms. The molecular formula is C53H20F4N6O6S4. The van der Waals surface area contributed by atoms with E-state index in [2.05, 4.69) is 9.98 Å². The topological polar surface area (TPSA) is 207 Å². The number of hydrogen-bond acceptors (Lipinski definition) is 16. The molecule has 0 amide bonds. The number of fused-ring (bicyclic) bond motifs is 9. The maximum Gasteiger partial charge on any atom is 0.333 e. The van der Waals surface area contributed by atoms with E-state index in [1.807, 2.05) is 0 Å². The third kappa shape index (κ3) is 7.15. The Morgan fingerprint density at radius 1 is 0.534 bits per heavy atom. The van der Waals surface area contributed by atoms with Crippen molar-refractivity contribution in [1.29, 1.82) is 21.0 Å². The summed E-state index contributed by atoms with van der Waals surface area (Å²) < 4.78 is 72.5. The first-order valence-corrected chi connectivity index (χ1v) is 24.5. The lowest BCUT2D eigenvalue weighted by Gasteiger charge is -2.26. The van der Waals surface area contributed by atoms with E-state index in [0.717, 1.165) is 28.7 Å². The fourth-order valence-corrected chi connectivity index (χ4v) is 14.4. The zero-order valence-corrected chi connectivity index (χ0v) is 39.7. The van der Waals surface area contributed by atoms with Crippen LogP contribution < -0.4 is 0 Å². The molecule has 4 heterocycles. The van der Waals surface area contributed by atoms with E-state index >= 15 is 9.59 Å². The number of allylic oxidation sites excluding steroid dienone is 4. The Morgan fingerprint density at radius 3 is 1.45 bits per heavy atom. The van der Waals surface area contributed by atoms with Gasteiger partial charge in [0.25, 0.3) is 0 Å². The molecular weight excluding hydrogens is 1020 g/mol. The lowest BCUT2D eigenvalue weighted by atomic mass is 9.79. The molecule has 350 valence electrons. The van der Waals surface area contributed by atoms with Crippen LogP contribution in [-0.2, 0) is 37.7 Å². The number of ether oxygens (including phenoxy) is 2. The molecule has 4 aromatic carbocycles. The van der Waals surface area contributed by atoms with Gasteiger partial charge in [0, 0.05) is 49.2 Å². The Bertz CT molecular complexity index is 4090. The Morgan fingerprint density at radius 2 is 0.986 bits per heavy atom. The van der Waals surface area contributed by atoms with Crippen LogP contribution in [-0.4, -0.2) is 34.9 Å². The summed E-state index contributed by atoms with van der Waals surface area (Å²) in [7, 11) is 0. The quantitative estimate of drug-likeness (QED) is 0.0609. The van der Waals surface area contributed by atoms with Gasteiger partial charge in [-0.15, -0.1) is 45.3 Å². The van der Waals surface area contributed by atoms with Gasteiger partial charge in [0.2, 0.25) is 17.0 Å². The zero-order chi connectivity index (χ0) is 51.0. The summed E-state index contributed by atoms with van der Waals surface area (Å²) in [6.45, 7) is -0.546. The van der Waals surface area contributed by atoms with Crippen LogP contribution >= 0.6 is 45.3 Å². The van der Waals surface area contributed by atoms with Gasteiger partial charge in [-0.2, -0.15) is 21.0 Å². The van der Waals surface area contributed by atoms with Crippen molar-refractivity contribution in [3.63, 3.8) is 0 Å². The van der Waals surface area contributed by atoms with Crippen LogP contribution in [0.4, 0.5) is 27.6 Å². The number of nitrogens with zero attached hydrogens (tertiary/aromatic N) is 6. The van der Waals surface area contributed by atoms with Crippen molar-refractivity contribution in [3.05, 3.63) is 176 Å². The van der Waals surface area contributed by atoms with Crippen LogP contribution in [0.15, 0.2) is 118 Å². The van der Waals surface area contributed by atoms with E-state index < -0.39 is 69.0 Å². The van der Waals surface area contributed by atoms with E-state index in [1.54, 1.807) is 91.0 Å². The minimum absolute atomic E-state index is 0.00679. The first-order chi connectivity index (χ1) is 35.3. The molecule has 0 saturated heterocycles. The van der Waals surface area contributed by atoms with Crippen molar-refractivity contribution in [2.75, 3.05) is 0 Å². The summed E-state index contributed by atoms with van der Waals surface area (Å²) in [6.07, 6.45) is 0. The van der Waals surface area contributed by atoms with Crippen molar-refractivity contribution >= 4 is 120 Å². The van der Waals surface area contributed by atoms with E-state index in [9.17, 15) is 48.2 Å². The highest BCUT2D eigenvalue weighted by molar-refractivity contribution is 7.41. The molecule has 20 heteroatoms. The smallest absolute Gasteiger partial charge is 0.333 e. The summed E-state index contributed by atoms with van der Waals surface area (Å²) in [5.41, 5.74) is -4.57. The minimum atomic E-state index is -2.37. The van der Waals surface area contributed by atoms with Crippen LogP contribution in [0, 0.1) is 68.6 Å². The van der Waals surface area contributed by atoms with Gasteiger partial charge in [-0.05, 0) is 47.5 Å². The molecule has 73 heavy (non-hydrogen) atoms. The summed E-state index contributed by atoms with van der Waals surface area (Å²) in [5.74, 6) is -9.13. The third-order valence-electron chi connectivity index (χ3n) is 12.2. The molecule has 0 saturated carbocycles. The Balaban J connectivity index is 1.12. The second-order valence-corrected chi connectivity index (χ2v) is 20.3. The van der Waals surface area contributed by atoms with E-state index in [-0.39, 0.29) is 73.5 Å². The van der Waals surface area contributed by atoms with E-state index in [4.69, 9.17) is 9.47 Å². The van der Waals surface area contributed by atoms with Crippen molar-refractivity contribution in [1.82, 2.24) is 0 Å². The second kappa shape index (κ2) is 17.7. The fourth-order valence-electron chi connectivity index (χ4n) is 8.94. The molecule has 0 N–H and O–H groups in total. The average Bonchev–Trinajstić information content (AvgIpc) is 4.29. The number of esters is 2. The number of aliphatic imine (C=N–C) groups is 2. The van der Waals surface area contributed by atoms with Gasteiger partial charge in [-0.25, -0.2) is 27.5 Å². The van der Waals surface area contributed by atoms with Gasteiger partial charge in [0.05, 0.1) is 23.9 Å². The summed E-state index contributed by atoms with van der Waals surface area (Å²) in [4.78, 5) is 68.2. The van der Waals surface area contributed by atoms with Crippen LogP contribution in [0.1, 0.15) is 54.1 Å². The van der Waals surface area contributed by atoms with E-state index in [1.165, 1.54) is 28.7 Å². The number of ketones is 2. The van der Waals surface area contributed by atoms with Gasteiger partial charge < -0.3 is 9.47 Å². The second-order valence-electron chi connectivity index (χ2n) is 16.2. The number of thiophene rings is 4. The van der Waals surface area contributed by atoms with Crippen molar-refractivity contribution < 1.29 is 46.2 Å². The maximum atomic E-state index is 15.3. The Hall–Kier alpha value is -9.02. The first-order valence-electron chi connectivity index (χ1n) is 21.2. The van der Waals surface area contributed by atoms with Crippen molar-refractivity contribution in [2.45, 2.75) is 18.6 Å². The lowest BCUT2D eigenvalue weighted by molar-refractivity contribution is -0.164. The molecule has 8 aromatic rings. The highest BCUT2D eigenvalue weighted by Crippen LogP contribution is 2.63. The predicted molar refractivity (Wildman–Crippen MR) is 264 cm³/mol. The minimum Gasteiger partial charge on any atom is -0.459 e. The number of benzene rings is 4. The highest BCUT2D eigenvalue weighted by Gasteiger charge is 2.61. The summed E-state index contributed by atoms with van der Waals surface area (Å²) >= 11 is 4.38. The molecule has 0 unspecified atom stereocenters. The van der Waals surface area contributed by atoms with Gasteiger partial charge >= 0.3 is 11.9 Å². The van der Waals surface area contributed by atoms with Crippen LogP contribution in [0.2, 0.25) is 0 Å². The Labute approximate surface area is 423 Å². The molecule has 3 aliphatic carbocycles. The number of carbonyl (C=O) groups is 4. The summed E-state index contributed by atoms with van der Waals surface area (Å²) in [6, 6.07) is 30.0. The van der Waals surface area contributed by atoms with Crippen LogP contribution in [0.25, 0.3) is 39.7 Å². The third-order valence-corrected chi connectivity index (χ3v) is 17.1.